The lowest BCUT2D eigenvalue weighted by atomic mass is 10.1. The molecule has 0 heterocycles. The number of hydrogen-bond acceptors (Lipinski definition) is 3. The number of nitrogens with one attached hydrogen (secondary N) is 1. The Hall–Kier alpha value is -0.710. The summed E-state index contributed by atoms with van der Waals surface area (Å²) in [7, 11) is 0. The maximum absolute atomic E-state index is 11.4. The molecule has 1 aliphatic carbocycles. The fraction of sp³-hybridized carbons (Fsp3) is 0.833. The van der Waals surface area contributed by atoms with Gasteiger partial charge in [0.15, 0.2) is 0 Å². The van der Waals surface area contributed by atoms with Crippen molar-refractivity contribution in [3.05, 3.63) is 0 Å². The van der Waals surface area contributed by atoms with Crippen LogP contribution in [0, 0.1) is 11.3 Å². The lowest BCUT2D eigenvalue weighted by Gasteiger charge is -2.12. The van der Waals surface area contributed by atoms with Gasteiger partial charge in [-0.1, -0.05) is 13.8 Å². The van der Waals surface area contributed by atoms with E-state index in [-0.39, 0.29) is 17.7 Å². The SMILES string of the molecule is CC(C)CNC(=O)CSCC1(CC(=O)O)CC1. The summed E-state index contributed by atoms with van der Waals surface area (Å²) >= 11 is 1.55. The fourth-order valence-corrected chi connectivity index (χ4v) is 2.81. The van der Waals surface area contributed by atoms with E-state index in [9.17, 15) is 9.59 Å². The fourth-order valence-electron chi connectivity index (χ4n) is 1.60. The predicted octanol–water partition coefficient (Wildman–Crippen LogP) is 1.75. The first-order chi connectivity index (χ1) is 7.93. The van der Waals surface area contributed by atoms with E-state index in [1.165, 1.54) is 0 Å². The molecule has 1 aliphatic rings. The summed E-state index contributed by atoms with van der Waals surface area (Å²) in [6.07, 6.45) is 2.22. The van der Waals surface area contributed by atoms with Crippen molar-refractivity contribution in [2.75, 3.05) is 18.1 Å². The number of carbonyl (C=O) groups excluding carboxylic acids is 1. The zero-order chi connectivity index (χ0) is 12.9. The van der Waals surface area contributed by atoms with Crippen molar-refractivity contribution in [2.24, 2.45) is 11.3 Å². The molecule has 1 amide bonds. The molecule has 0 aromatic rings. The summed E-state index contributed by atoms with van der Waals surface area (Å²) in [5, 5.41) is 11.6. The Morgan fingerprint density at radius 2 is 2.06 bits per heavy atom. The van der Waals surface area contributed by atoms with Gasteiger partial charge in [0.1, 0.15) is 0 Å². The van der Waals surface area contributed by atoms with Crippen LogP contribution >= 0.6 is 11.8 Å². The maximum atomic E-state index is 11.4. The van der Waals surface area contributed by atoms with Crippen molar-refractivity contribution in [3.8, 4) is 0 Å². The Labute approximate surface area is 107 Å². The van der Waals surface area contributed by atoms with E-state index in [2.05, 4.69) is 19.2 Å². The van der Waals surface area contributed by atoms with Crippen LogP contribution in [0.3, 0.4) is 0 Å². The van der Waals surface area contributed by atoms with Crippen LogP contribution in [0.2, 0.25) is 0 Å². The number of thioether (sulfide) groups is 1. The average molecular weight is 259 g/mol. The van der Waals surface area contributed by atoms with Crippen LogP contribution in [0.5, 0.6) is 0 Å². The molecule has 5 heteroatoms. The Morgan fingerprint density at radius 1 is 1.41 bits per heavy atom. The summed E-state index contributed by atoms with van der Waals surface area (Å²) in [5.41, 5.74) is -0.0190. The zero-order valence-electron chi connectivity index (χ0n) is 10.5. The van der Waals surface area contributed by atoms with Crippen LogP contribution in [0.15, 0.2) is 0 Å². The van der Waals surface area contributed by atoms with Crippen LogP contribution in [0.1, 0.15) is 33.1 Å². The number of aliphatic carboxylic acids is 1. The first-order valence-electron chi connectivity index (χ1n) is 6.00. The minimum atomic E-state index is -0.729. The number of carboxylic acid groups (broad SMARTS) is 1. The second-order valence-electron chi connectivity index (χ2n) is 5.26. The van der Waals surface area contributed by atoms with E-state index >= 15 is 0 Å². The molecule has 0 aromatic heterocycles. The molecular weight excluding hydrogens is 238 g/mol. The molecule has 1 rings (SSSR count). The molecule has 17 heavy (non-hydrogen) atoms. The second kappa shape index (κ2) is 6.28. The highest BCUT2D eigenvalue weighted by atomic mass is 32.2. The van der Waals surface area contributed by atoms with Gasteiger partial charge in [-0.3, -0.25) is 9.59 Å². The third kappa shape index (κ3) is 5.96. The summed E-state index contributed by atoms with van der Waals surface area (Å²) < 4.78 is 0. The number of amides is 1. The molecule has 4 nitrogen and oxygen atoms in total. The van der Waals surface area contributed by atoms with Gasteiger partial charge in [0.05, 0.1) is 12.2 Å². The van der Waals surface area contributed by atoms with E-state index in [0.29, 0.717) is 18.2 Å². The topological polar surface area (TPSA) is 66.4 Å². The van der Waals surface area contributed by atoms with Crippen LogP contribution in [-0.4, -0.2) is 35.0 Å². The van der Waals surface area contributed by atoms with Gasteiger partial charge >= 0.3 is 5.97 Å². The third-order valence-corrected chi connectivity index (χ3v) is 4.12. The molecule has 1 saturated carbocycles. The molecule has 0 unspecified atom stereocenters. The lowest BCUT2D eigenvalue weighted by Crippen LogP contribution is -2.29. The Bertz CT molecular complexity index is 287. The van der Waals surface area contributed by atoms with E-state index in [0.717, 1.165) is 18.6 Å². The molecule has 0 bridgehead atoms. The quantitative estimate of drug-likeness (QED) is 0.697. The predicted molar refractivity (Wildman–Crippen MR) is 69.1 cm³/mol. The smallest absolute Gasteiger partial charge is 0.303 e. The number of rotatable bonds is 8. The standard InChI is InChI=1S/C12H21NO3S/c1-9(2)6-13-10(14)7-17-8-12(3-4-12)5-11(15)16/h9H,3-8H2,1-2H3,(H,13,14)(H,15,16). The van der Waals surface area contributed by atoms with Gasteiger partial charge in [-0.2, -0.15) is 11.8 Å². The first-order valence-corrected chi connectivity index (χ1v) is 7.15. The van der Waals surface area contributed by atoms with E-state index < -0.39 is 5.97 Å². The normalized spacial score (nSPS) is 16.9. The highest BCUT2D eigenvalue weighted by Gasteiger charge is 2.44. The highest BCUT2D eigenvalue weighted by molar-refractivity contribution is 7.99. The van der Waals surface area contributed by atoms with Crippen LogP contribution < -0.4 is 5.32 Å². The van der Waals surface area contributed by atoms with Crippen LogP contribution in [-0.2, 0) is 9.59 Å². The molecule has 1 fully saturated rings. The Balaban J connectivity index is 2.11. The van der Waals surface area contributed by atoms with Gasteiger partial charge in [0.25, 0.3) is 0 Å². The third-order valence-electron chi connectivity index (χ3n) is 2.83. The highest BCUT2D eigenvalue weighted by Crippen LogP contribution is 2.50. The van der Waals surface area contributed by atoms with Crippen molar-refractivity contribution >= 4 is 23.6 Å². The summed E-state index contributed by atoms with van der Waals surface area (Å²) in [5.74, 6) is 1.01. The minimum Gasteiger partial charge on any atom is -0.481 e. The monoisotopic (exact) mass is 259 g/mol. The van der Waals surface area contributed by atoms with Gasteiger partial charge in [-0.05, 0) is 29.9 Å². The Kier molecular flexibility index (Phi) is 5.31. The summed E-state index contributed by atoms with van der Waals surface area (Å²) in [6, 6.07) is 0. The van der Waals surface area contributed by atoms with Gasteiger partial charge < -0.3 is 10.4 Å². The van der Waals surface area contributed by atoms with Crippen molar-refractivity contribution in [1.29, 1.82) is 0 Å². The largest absolute Gasteiger partial charge is 0.481 e. The summed E-state index contributed by atoms with van der Waals surface area (Å²) in [4.78, 5) is 22.1. The maximum Gasteiger partial charge on any atom is 0.303 e. The summed E-state index contributed by atoms with van der Waals surface area (Å²) in [6.45, 7) is 4.82. The molecule has 0 spiro atoms. The van der Waals surface area contributed by atoms with Gasteiger partial charge in [0.2, 0.25) is 5.91 Å². The van der Waals surface area contributed by atoms with Gasteiger partial charge in [0, 0.05) is 6.54 Å². The lowest BCUT2D eigenvalue weighted by molar-refractivity contribution is -0.138. The first kappa shape index (κ1) is 14.4. The number of carboxylic acids is 1. The van der Waals surface area contributed by atoms with E-state index in [1.54, 1.807) is 11.8 Å². The van der Waals surface area contributed by atoms with Crippen molar-refractivity contribution in [2.45, 2.75) is 33.1 Å². The van der Waals surface area contributed by atoms with Crippen LogP contribution in [0.25, 0.3) is 0 Å². The molecule has 0 saturated heterocycles. The molecular formula is C12H21NO3S. The average Bonchev–Trinajstić information content (AvgIpc) is 2.94. The van der Waals surface area contributed by atoms with Gasteiger partial charge in [-0.15, -0.1) is 0 Å². The van der Waals surface area contributed by atoms with E-state index in [1.807, 2.05) is 0 Å². The molecule has 0 radical (unpaired) electrons. The van der Waals surface area contributed by atoms with Crippen LogP contribution in [0.4, 0.5) is 0 Å². The minimum absolute atomic E-state index is 0.0190. The zero-order valence-corrected chi connectivity index (χ0v) is 11.3. The van der Waals surface area contributed by atoms with Crippen molar-refractivity contribution < 1.29 is 14.7 Å². The second-order valence-corrected chi connectivity index (χ2v) is 6.25. The van der Waals surface area contributed by atoms with E-state index in [4.69, 9.17) is 5.11 Å². The molecule has 0 aliphatic heterocycles. The molecule has 2 N–H and O–H groups in total. The number of carbonyl (C=O) groups is 2. The molecule has 98 valence electrons. The molecule has 0 aromatic carbocycles. The van der Waals surface area contributed by atoms with Crippen molar-refractivity contribution in [3.63, 3.8) is 0 Å². The van der Waals surface area contributed by atoms with Crippen molar-refractivity contribution in [1.82, 2.24) is 5.32 Å². The Morgan fingerprint density at radius 3 is 2.53 bits per heavy atom. The molecule has 0 atom stereocenters. The van der Waals surface area contributed by atoms with Gasteiger partial charge in [-0.25, -0.2) is 0 Å². The number of hydrogen-bond donors (Lipinski definition) is 2.